The van der Waals surface area contributed by atoms with Gasteiger partial charge in [-0.2, -0.15) is 0 Å². The fourth-order valence-electron chi connectivity index (χ4n) is 3.26. The molecule has 2 heterocycles. The summed E-state index contributed by atoms with van der Waals surface area (Å²) in [5, 5.41) is 2.42. The van der Waals surface area contributed by atoms with Gasteiger partial charge in [0.1, 0.15) is 12.4 Å². The highest BCUT2D eigenvalue weighted by molar-refractivity contribution is 5.95. The summed E-state index contributed by atoms with van der Waals surface area (Å²) in [6, 6.07) is 4.48. The van der Waals surface area contributed by atoms with Gasteiger partial charge in [0, 0.05) is 32.8 Å². The number of nitrogens with zero attached hydrogens (tertiary/aromatic N) is 2. The minimum absolute atomic E-state index is 0.0230. The van der Waals surface area contributed by atoms with Gasteiger partial charge in [0.15, 0.2) is 6.10 Å². The number of halogens is 1. The molecule has 0 spiro atoms. The number of ether oxygens (including phenoxy) is 2. The number of methoxy groups -OCH3 is 1. The Kier molecular flexibility index (Phi) is 5.93. The molecule has 28 heavy (non-hydrogen) atoms. The van der Waals surface area contributed by atoms with Crippen LogP contribution in [0.2, 0.25) is 0 Å². The van der Waals surface area contributed by atoms with E-state index in [-0.39, 0.29) is 19.1 Å². The van der Waals surface area contributed by atoms with Gasteiger partial charge in [-0.1, -0.05) is 6.08 Å². The topological polar surface area (TPSA) is 88.2 Å². The molecule has 1 N–H and O–H groups in total. The van der Waals surface area contributed by atoms with E-state index in [1.807, 2.05) is 6.08 Å². The van der Waals surface area contributed by atoms with E-state index in [2.05, 4.69) is 5.32 Å². The van der Waals surface area contributed by atoms with Crippen molar-refractivity contribution in [3.05, 3.63) is 35.7 Å². The number of nitrogens with one attached hydrogen (secondary N) is 1. The summed E-state index contributed by atoms with van der Waals surface area (Å²) in [5.74, 6) is -0.990. The molecule has 150 valence electrons. The van der Waals surface area contributed by atoms with Gasteiger partial charge in [-0.15, -0.1) is 0 Å². The fraction of sp³-hybridized carbons (Fsp3) is 0.421. The number of likely N-dealkylation sites (N-methyl/N-ethyl adjacent to an activating group) is 1. The van der Waals surface area contributed by atoms with Crippen LogP contribution in [0.3, 0.4) is 0 Å². The van der Waals surface area contributed by atoms with Crippen LogP contribution < -0.4 is 10.2 Å². The van der Waals surface area contributed by atoms with Gasteiger partial charge in [0.2, 0.25) is 5.91 Å². The third kappa shape index (κ3) is 3.99. The van der Waals surface area contributed by atoms with Gasteiger partial charge in [0.25, 0.3) is 5.91 Å². The molecule has 0 saturated carbocycles. The van der Waals surface area contributed by atoms with E-state index in [1.54, 1.807) is 17.0 Å². The average Bonchev–Trinajstić information content (AvgIpc) is 3.09. The Morgan fingerprint density at radius 2 is 2.18 bits per heavy atom. The zero-order valence-corrected chi connectivity index (χ0v) is 15.7. The van der Waals surface area contributed by atoms with Crippen LogP contribution in [0.25, 0.3) is 5.57 Å². The monoisotopic (exact) mass is 391 g/mol. The lowest BCUT2D eigenvalue weighted by molar-refractivity contribution is -0.134. The molecule has 0 radical (unpaired) electrons. The second-order valence-corrected chi connectivity index (χ2v) is 6.51. The fourth-order valence-corrected chi connectivity index (χ4v) is 3.26. The van der Waals surface area contributed by atoms with Crippen LogP contribution in [-0.4, -0.2) is 69.3 Å². The Labute approximate surface area is 161 Å². The number of hydrogen-bond donors (Lipinski definition) is 1. The van der Waals surface area contributed by atoms with Crippen LogP contribution in [0.4, 0.5) is 14.9 Å². The molecule has 0 unspecified atom stereocenters. The van der Waals surface area contributed by atoms with Crippen LogP contribution in [0.15, 0.2) is 24.3 Å². The average molecular weight is 391 g/mol. The largest absolute Gasteiger partial charge is 0.434 e. The molecule has 8 nitrogen and oxygen atoms in total. The number of rotatable bonds is 5. The molecular formula is C19H22FN3O5. The Hall–Kier alpha value is -2.94. The Morgan fingerprint density at radius 1 is 1.39 bits per heavy atom. The quantitative estimate of drug-likeness (QED) is 0.814. The summed E-state index contributed by atoms with van der Waals surface area (Å²) in [7, 11) is 2.92. The standard InChI is InChI=1S/C19H22FN3O5/c1-21-18(25)16-10-23(19(26)28-16)13-3-4-14(15(20)9-13)12-5-7-22(8-6-12)17(24)11-27-2/h3-5,9,16H,6-8,10-11H2,1-2H3,(H,21,25)/t16-/m1/s1. The van der Waals surface area contributed by atoms with Crippen molar-refractivity contribution in [3.8, 4) is 0 Å². The lowest BCUT2D eigenvalue weighted by Crippen LogP contribution is -2.37. The van der Waals surface area contributed by atoms with E-state index in [4.69, 9.17) is 9.47 Å². The van der Waals surface area contributed by atoms with Crippen molar-refractivity contribution >= 4 is 29.2 Å². The van der Waals surface area contributed by atoms with Crippen LogP contribution >= 0.6 is 0 Å². The van der Waals surface area contributed by atoms with E-state index in [0.717, 1.165) is 5.57 Å². The molecule has 1 aromatic carbocycles. The van der Waals surface area contributed by atoms with E-state index in [9.17, 15) is 18.8 Å². The minimum atomic E-state index is -0.920. The molecule has 0 aliphatic carbocycles. The van der Waals surface area contributed by atoms with Gasteiger partial charge in [-0.25, -0.2) is 9.18 Å². The summed E-state index contributed by atoms with van der Waals surface area (Å²) in [6.07, 6.45) is 0.735. The van der Waals surface area contributed by atoms with Crippen molar-refractivity contribution in [2.75, 3.05) is 45.3 Å². The molecule has 1 saturated heterocycles. The van der Waals surface area contributed by atoms with Crippen LogP contribution in [-0.2, 0) is 19.1 Å². The van der Waals surface area contributed by atoms with E-state index >= 15 is 0 Å². The maximum absolute atomic E-state index is 14.7. The second-order valence-electron chi connectivity index (χ2n) is 6.51. The summed E-state index contributed by atoms with van der Waals surface area (Å²) in [4.78, 5) is 38.4. The number of benzene rings is 1. The lowest BCUT2D eigenvalue weighted by atomic mass is 9.98. The summed E-state index contributed by atoms with van der Waals surface area (Å²) in [5.41, 5.74) is 1.56. The number of carbonyl (C=O) groups excluding carboxylic acids is 3. The zero-order chi connectivity index (χ0) is 20.3. The Morgan fingerprint density at radius 3 is 2.79 bits per heavy atom. The van der Waals surface area contributed by atoms with E-state index < -0.39 is 23.9 Å². The van der Waals surface area contributed by atoms with E-state index in [0.29, 0.717) is 30.8 Å². The molecule has 9 heteroatoms. The first-order valence-corrected chi connectivity index (χ1v) is 8.90. The molecular weight excluding hydrogens is 369 g/mol. The maximum Gasteiger partial charge on any atom is 0.415 e. The summed E-state index contributed by atoms with van der Waals surface area (Å²) >= 11 is 0. The second kappa shape index (κ2) is 8.39. The van der Waals surface area contributed by atoms with Crippen molar-refractivity contribution in [3.63, 3.8) is 0 Å². The van der Waals surface area contributed by atoms with Gasteiger partial charge >= 0.3 is 6.09 Å². The summed E-state index contributed by atoms with van der Waals surface area (Å²) in [6.45, 7) is 0.929. The number of amides is 3. The minimum Gasteiger partial charge on any atom is -0.434 e. The van der Waals surface area contributed by atoms with Crippen molar-refractivity contribution in [2.24, 2.45) is 0 Å². The van der Waals surface area contributed by atoms with Gasteiger partial charge in [-0.05, 0) is 30.2 Å². The highest BCUT2D eigenvalue weighted by Gasteiger charge is 2.36. The molecule has 1 aromatic rings. The molecule has 2 aliphatic heterocycles. The van der Waals surface area contributed by atoms with Gasteiger partial charge < -0.3 is 19.7 Å². The van der Waals surface area contributed by atoms with Crippen LogP contribution in [0.5, 0.6) is 0 Å². The molecule has 1 fully saturated rings. The Balaban J connectivity index is 1.72. The first-order valence-electron chi connectivity index (χ1n) is 8.90. The zero-order valence-electron chi connectivity index (χ0n) is 15.7. The van der Waals surface area contributed by atoms with E-state index in [1.165, 1.54) is 25.1 Å². The van der Waals surface area contributed by atoms with Crippen LogP contribution in [0.1, 0.15) is 12.0 Å². The van der Waals surface area contributed by atoms with Gasteiger partial charge in [-0.3, -0.25) is 14.5 Å². The highest BCUT2D eigenvalue weighted by atomic mass is 19.1. The predicted octanol–water partition coefficient (Wildman–Crippen LogP) is 1.16. The highest BCUT2D eigenvalue weighted by Crippen LogP contribution is 2.29. The van der Waals surface area contributed by atoms with Crippen molar-refractivity contribution in [1.82, 2.24) is 10.2 Å². The normalized spacial score (nSPS) is 19.3. The molecule has 1 atom stereocenters. The van der Waals surface area contributed by atoms with Crippen LogP contribution in [0, 0.1) is 5.82 Å². The first-order chi connectivity index (χ1) is 13.4. The lowest BCUT2D eigenvalue weighted by Gasteiger charge is -2.26. The molecule has 3 rings (SSSR count). The number of anilines is 1. The Bertz CT molecular complexity index is 826. The summed E-state index contributed by atoms with van der Waals surface area (Å²) < 4.78 is 24.6. The van der Waals surface area contributed by atoms with Crippen molar-refractivity contribution in [1.29, 1.82) is 0 Å². The molecule has 2 aliphatic rings. The molecule has 0 aromatic heterocycles. The number of carbonyl (C=O) groups is 3. The maximum atomic E-state index is 14.7. The first kappa shape index (κ1) is 19.8. The number of hydrogen-bond acceptors (Lipinski definition) is 5. The number of cyclic esters (lactones) is 1. The molecule has 0 bridgehead atoms. The van der Waals surface area contributed by atoms with Crippen molar-refractivity contribution in [2.45, 2.75) is 12.5 Å². The SMILES string of the molecule is CNC(=O)[C@H]1CN(c2ccc(C3=CCN(C(=O)COC)CC3)c(F)c2)C(=O)O1. The van der Waals surface area contributed by atoms with Crippen molar-refractivity contribution < 1.29 is 28.2 Å². The smallest absolute Gasteiger partial charge is 0.415 e. The molecule has 3 amide bonds. The van der Waals surface area contributed by atoms with Gasteiger partial charge in [0.05, 0.1) is 12.2 Å². The third-order valence-corrected chi connectivity index (χ3v) is 4.79. The third-order valence-electron chi connectivity index (χ3n) is 4.79. The predicted molar refractivity (Wildman–Crippen MR) is 99.1 cm³/mol.